The molecule has 3 N–H and O–H groups in total. The molecule has 0 atom stereocenters. The molecule has 0 unspecified atom stereocenters. The maximum Gasteiger partial charge on any atom is 0.319 e. The van der Waals surface area contributed by atoms with Crippen LogP contribution in [0.1, 0.15) is 5.56 Å². The van der Waals surface area contributed by atoms with Crippen molar-refractivity contribution in [3.05, 3.63) is 71.0 Å². The molecule has 10 nitrogen and oxygen atoms in total. The number of nitrogens with zero attached hydrogens (tertiary/aromatic N) is 4. The van der Waals surface area contributed by atoms with Crippen LogP contribution < -0.4 is 4.74 Å². The highest BCUT2D eigenvalue weighted by atomic mass is 35.5. The van der Waals surface area contributed by atoms with Crippen molar-refractivity contribution in [1.29, 1.82) is 0 Å². The molecule has 4 rings (SSSR count). The molecule has 0 saturated carbocycles. The van der Waals surface area contributed by atoms with Crippen LogP contribution in [-0.4, -0.2) is 57.0 Å². The molecule has 36 heavy (non-hydrogen) atoms. The van der Waals surface area contributed by atoms with Gasteiger partial charge in [0.25, 0.3) is 0 Å². The van der Waals surface area contributed by atoms with Crippen molar-refractivity contribution in [2.75, 3.05) is 14.2 Å². The Morgan fingerprint density at radius 2 is 1.78 bits per heavy atom. The number of sulfonamides is 1. The van der Waals surface area contributed by atoms with Gasteiger partial charge < -0.3 is 20.1 Å². The molecule has 0 spiro atoms. The fraction of sp³-hybridized carbons (Fsp3) is 0.130. The van der Waals surface area contributed by atoms with Crippen LogP contribution in [-0.2, 0) is 16.6 Å². The van der Waals surface area contributed by atoms with Crippen molar-refractivity contribution in [2.24, 2.45) is 0 Å². The van der Waals surface area contributed by atoms with Crippen LogP contribution in [0.25, 0.3) is 17.1 Å². The first-order valence-corrected chi connectivity index (χ1v) is 12.1. The normalized spacial score (nSPS) is 11.7. The van der Waals surface area contributed by atoms with Gasteiger partial charge in [-0.25, -0.2) is 17.4 Å². The summed E-state index contributed by atoms with van der Waals surface area (Å²) in [4.78, 5) is -0.568. The summed E-state index contributed by atoms with van der Waals surface area (Å²) in [5, 5.41) is 39.0. The third-order valence-electron chi connectivity index (χ3n) is 5.38. The molecule has 4 aromatic rings. The Balaban J connectivity index is 1.81. The molecule has 0 aliphatic carbocycles. The first kappa shape index (κ1) is 25.2. The minimum Gasteiger partial charge on any atom is -0.507 e. The van der Waals surface area contributed by atoms with E-state index < -0.39 is 38.2 Å². The number of phenolic OH excluding ortho intramolecular Hbond substituents is 2. The maximum absolute atomic E-state index is 13.8. The maximum atomic E-state index is 13.8. The zero-order valence-electron chi connectivity index (χ0n) is 18.9. The molecule has 13 heteroatoms. The quantitative estimate of drug-likeness (QED) is 0.326. The summed E-state index contributed by atoms with van der Waals surface area (Å²) < 4.78 is 47.7. The third kappa shape index (κ3) is 4.53. The summed E-state index contributed by atoms with van der Waals surface area (Å²) in [7, 11) is -1.77. The summed E-state index contributed by atoms with van der Waals surface area (Å²) >= 11 is 6.24. The van der Waals surface area contributed by atoms with Crippen molar-refractivity contribution in [3.63, 3.8) is 0 Å². The largest absolute Gasteiger partial charge is 0.507 e. The molecule has 0 aliphatic heterocycles. The molecule has 188 valence electrons. The van der Waals surface area contributed by atoms with Gasteiger partial charge in [0.2, 0.25) is 10.0 Å². The molecule has 0 saturated heterocycles. The van der Waals surface area contributed by atoms with Gasteiger partial charge >= 0.3 is 6.01 Å². The molecule has 0 bridgehead atoms. The van der Waals surface area contributed by atoms with Crippen LogP contribution >= 0.6 is 11.6 Å². The van der Waals surface area contributed by atoms with Crippen molar-refractivity contribution < 1.29 is 32.9 Å². The number of ether oxygens (including phenoxy) is 1. The second-order valence-corrected chi connectivity index (χ2v) is 10.1. The summed E-state index contributed by atoms with van der Waals surface area (Å²) in [6.45, 7) is -0.282. The van der Waals surface area contributed by atoms with Gasteiger partial charge in [0, 0.05) is 25.2 Å². The van der Waals surface area contributed by atoms with E-state index in [9.17, 15) is 28.1 Å². The van der Waals surface area contributed by atoms with E-state index in [1.54, 1.807) is 24.3 Å². The first-order chi connectivity index (χ1) is 17.0. The average molecular weight is 535 g/mol. The van der Waals surface area contributed by atoms with Crippen LogP contribution in [0.15, 0.2) is 59.5 Å². The monoisotopic (exact) mass is 534 g/mol. The average Bonchev–Trinajstić information content (AvgIpc) is 3.20. The van der Waals surface area contributed by atoms with Gasteiger partial charge in [0.05, 0.1) is 23.4 Å². The van der Waals surface area contributed by atoms with E-state index in [1.807, 2.05) is 0 Å². The van der Waals surface area contributed by atoms with Crippen molar-refractivity contribution >= 4 is 21.6 Å². The number of benzene rings is 3. The standard InChI is InChI=1S/C23H20ClFN4O6S/c1-28(12-13-9-14(25)7-8-20(13)35-2)36(33,34)21-10-15(18(30)11-19(21)31)22-26-27-23(32)29(22)17-6-4-3-5-16(17)24/h3-11,30-31H,12H2,1-2H3,(H,27,32). The molecular weight excluding hydrogens is 515 g/mol. The third-order valence-corrected chi connectivity index (χ3v) is 7.53. The molecule has 1 heterocycles. The van der Waals surface area contributed by atoms with Crippen molar-refractivity contribution in [2.45, 2.75) is 11.4 Å². The lowest BCUT2D eigenvalue weighted by Crippen LogP contribution is -2.27. The van der Waals surface area contributed by atoms with Gasteiger partial charge in [-0.15, -0.1) is 5.10 Å². The van der Waals surface area contributed by atoms with Crippen LogP contribution in [0.5, 0.6) is 23.3 Å². The lowest BCUT2D eigenvalue weighted by atomic mass is 10.1. The van der Waals surface area contributed by atoms with Gasteiger partial charge in [-0.05, 0) is 36.4 Å². The topological polar surface area (TPSA) is 138 Å². The van der Waals surface area contributed by atoms with E-state index in [1.165, 1.54) is 26.3 Å². The summed E-state index contributed by atoms with van der Waals surface area (Å²) in [6, 6.07) is 11.4. The fourth-order valence-electron chi connectivity index (χ4n) is 3.61. The Morgan fingerprint density at radius 1 is 1.06 bits per heavy atom. The molecule has 1 aromatic heterocycles. The zero-order chi connectivity index (χ0) is 26.2. The second-order valence-electron chi connectivity index (χ2n) is 7.66. The van der Waals surface area contributed by atoms with Crippen molar-refractivity contribution in [3.8, 4) is 40.3 Å². The zero-order valence-corrected chi connectivity index (χ0v) is 20.5. The fourth-order valence-corrected chi connectivity index (χ4v) is 5.07. The molecule has 0 radical (unpaired) electrons. The Hall–Kier alpha value is -3.87. The first-order valence-electron chi connectivity index (χ1n) is 10.3. The number of hydrogen-bond acceptors (Lipinski definition) is 8. The lowest BCUT2D eigenvalue weighted by Gasteiger charge is -2.20. The van der Waals surface area contributed by atoms with Crippen molar-refractivity contribution in [1.82, 2.24) is 19.1 Å². The second kappa shape index (κ2) is 9.64. The predicted molar refractivity (Wildman–Crippen MR) is 128 cm³/mol. The number of phenols is 2. The van der Waals surface area contributed by atoms with Gasteiger partial charge in [-0.3, -0.25) is 0 Å². The number of hydrogen-bond donors (Lipinski definition) is 3. The van der Waals surface area contributed by atoms with E-state index in [0.29, 0.717) is 0 Å². The van der Waals surface area contributed by atoms with E-state index in [2.05, 4.69) is 10.2 Å². The van der Waals surface area contributed by atoms with Crippen LogP contribution in [0.2, 0.25) is 5.02 Å². The number of aromatic hydroxyl groups is 3. The minimum atomic E-state index is -4.38. The van der Waals surface area contributed by atoms with E-state index in [0.717, 1.165) is 27.1 Å². The van der Waals surface area contributed by atoms with Gasteiger partial charge in [-0.1, -0.05) is 28.8 Å². The van der Waals surface area contributed by atoms with Crippen LogP contribution in [0.3, 0.4) is 0 Å². The van der Waals surface area contributed by atoms with E-state index in [-0.39, 0.29) is 40.0 Å². The smallest absolute Gasteiger partial charge is 0.319 e. The Kier molecular flexibility index (Phi) is 6.76. The number of methoxy groups -OCH3 is 1. The number of rotatable bonds is 7. The number of para-hydroxylation sites is 1. The van der Waals surface area contributed by atoms with Crippen LogP contribution in [0, 0.1) is 5.82 Å². The molecular formula is C23H20ClFN4O6S. The SMILES string of the molecule is COc1ccc(F)cc1CN(C)S(=O)(=O)c1cc(-c2nnc(O)n2-c2ccccc2Cl)c(O)cc1O. The van der Waals surface area contributed by atoms with Crippen LogP contribution in [0.4, 0.5) is 4.39 Å². The summed E-state index contributed by atoms with van der Waals surface area (Å²) in [5.74, 6) is -1.70. The highest BCUT2D eigenvalue weighted by Gasteiger charge is 2.29. The Labute approximate surface area is 210 Å². The minimum absolute atomic E-state index is 0.135. The Bertz CT molecular complexity index is 1560. The Morgan fingerprint density at radius 3 is 2.47 bits per heavy atom. The lowest BCUT2D eigenvalue weighted by molar-refractivity contribution is 0.395. The highest BCUT2D eigenvalue weighted by Crippen LogP contribution is 2.40. The summed E-state index contributed by atoms with van der Waals surface area (Å²) in [5.41, 5.74) is 0.366. The molecule has 0 fully saturated rings. The van der Waals surface area contributed by atoms with Gasteiger partial charge in [-0.2, -0.15) is 4.31 Å². The molecule has 0 amide bonds. The number of aromatic nitrogens is 3. The molecule has 0 aliphatic rings. The number of halogens is 2. The highest BCUT2D eigenvalue weighted by molar-refractivity contribution is 7.89. The van der Waals surface area contributed by atoms with E-state index >= 15 is 0 Å². The van der Waals surface area contributed by atoms with Gasteiger partial charge in [0.1, 0.15) is 28.0 Å². The predicted octanol–water partition coefficient (Wildman–Crippen LogP) is 3.67. The van der Waals surface area contributed by atoms with Gasteiger partial charge in [0.15, 0.2) is 5.82 Å². The molecule has 3 aromatic carbocycles. The van der Waals surface area contributed by atoms with E-state index in [4.69, 9.17) is 16.3 Å². The summed E-state index contributed by atoms with van der Waals surface area (Å²) in [6.07, 6.45) is 0.